The maximum atomic E-state index is 12.4. The Labute approximate surface area is 130 Å². The Hall–Kier alpha value is -2.80. The van der Waals surface area contributed by atoms with Gasteiger partial charge in [0.2, 0.25) is 0 Å². The van der Waals surface area contributed by atoms with Crippen molar-refractivity contribution in [1.82, 2.24) is 0 Å². The second kappa shape index (κ2) is 7.28. The molecule has 0 saturated carbocycles. The zero-order chi connectivity index (χ0) is 15.9. The molecule has 0 aliphatic carbocycles. The van der Waals surface area contributed by atoms with Crippen molar-refractivity contribution >= 4 is 11.6 Å². The third kappa shape index (κ3) is 4.10. The first-order valence-electron chi connectivity index (χ1n) is 7.13. The lowest BCUT2D eigenvalue weighted by Crippen LogP contribution is -2.15. The minimum Gasteiger partial charge on any atom is -0.490 e. The number of ether oxygens (including phenoxy) is 1. The number of hydrogen-bond donors (Lipinski definition) is 1. The fourth-order valence-corrected chi connectivity index (χ4v) is 2.01. The van der Waals surface area contributed by atoms with Crippen LogP contribution in [0.3, 0.4) is 0 Å². The topological polar surface area (TPSA) is 62.1 Å². The molecule has 4 nitrogen and oxygen atoms in total. The Morgan fingerprint density at radius 3 is 2.50 bits per heavy atom. The predicted molar refractivity (Wildman–Crippen MR) is 85.9 cm³/mol. The minimum absolute atomic E-state index is 0.000727. The van der Waals surface area contributed by atoms with Gasteiger partial charge in [0, 0.05) is 5.69 Å². The lowest BCUT2D eigenvalue weighted by molar-refractivity contribution is 0.102. The van der Waals surface area contributed by atoms with E-state index in [1.54, 1.807) is 30.3 Å². The smallest absolute Gasteiger partial charge is 0.259 e. The van der Waals surface area contributed by atoms with E-state index in [1.165, 1.54) is 0 Å². The number of nitrogens with one attached hydrogen (secondary N) is 1. The number of para-hydroxylation sites is 1. The van der Waals surface area contributed by atoms with Gasteiger partial charge < -0.3 is 10.1 Å². The molecule has 0 atom stereocenters. The molecule has 0 unspecified atom stereocenters. The molecular weight excluding hydrogens is 276 g/mol. The molecule has 0 aromatic heterocycles. The molecule has 2 aromatic carbocycles. The monoisotopic (exact) mass is 294 g/mol. The van der Waals surface area contributed by atoms with Gasteiger partial charge in [-0.25, -0.2) is 0 Å². The number of benzene rings is 2. The summed E-state index contributed by atoms with van der Waals surface area (Å²) in [5, 5.41) is 11.5. The summed E-state index contributed by atoms with van der Waals surface area (Å²) in [6, 6.07) is 16.5. The van der Waals surface area contributed by atoms with Gasteiger partial charge in [-0.15, -0.1) is 0 Å². The summed E-state index contributed by atoms with van der Waals surface area (Å²) in [7, 11) is 0. The second-order valence-electron chi connectivity index (χ2n) is 5.15. The predicted octanol–water partition coefficient (Wildman–Crippen LogP) is 3.79. The van der Waals surface area contributed by atoms with Crippen molar-refractivity contribution in [2.24, 2.45) is 0 Å². The highest BCUT2D eigenvalue weighted by Crippen LogP contribution is 2.21. The van der Waals surface area contributed by atoms with Crippen LogP contribution in [0.25, 0.3) is 0 Å². The van der Waals surface area contributed by atoms with Crippen LogP contribution >= 0.6 is 0 Å². The van der Waals surface area contributed by atoms with Crippen molar-refractivity contribution in [2.75, 3.05) is 5.32 Å². The van der Waals surface area contributed by atoms with Crippen LogP contribution in [0.5, 0.6) is 5.75 Å². The molecule has 0 heterocycles. The number of nitrogens with zero attached hydrogens (tertiary/aromatic N) is 1. The minimum atomic E-state index is -0.218. The number of carbonyl (C=O) groups excluding carboxylic acids is 1. The third-order valence-corrected chi connectivity index (χ3v) is 2.99. The largest absolute Gasteiger partial charge is 0.490 e. The summed E-state index contributed by atoms with van der Waals surface area (Å²) in [5.74, 6) is 0.348. The fourth-order valence-electron chi connectivity index (χ4n) is 2.01. The maximum absolute atomic E-state index is 12.4. The Bertz CT molecular complexity index is 685. The summed E-state index contributed by atoms with van der Waals surface area (Å²) in [4.78, 5) is 12.4. The van der Waals surface area contributed by atoms with E-state index < -0.39 is 0 Å². The number of hydrogen-bond acceptors (Lipinski definition) is 3. The molecule has 0 radical (unpaired) electrons. The molecule has 112 valence electrons. The molecule has 2 rings (SSSR count). The van der Waals surface area contributed by atoms with Gasteiger partial charge in [0.25, 0.3) is 5.91 Å². The zero-order valence-electron chi connectivity index (χ0n) is 12.7. The van der Waals surface area contributed by atoms with Crippen LogP contribution in [0.1, 0.15) is 29.8 Å². The normalized spacial score (nSPS) is 10.1. The van der Waals surface area contributed by atoms with Crippen LogP contribution in [0, 0.1) is 11.3 Å². The average Bonchev–Trinajstić information content (AvgIpc) is 2.49. The van der Waals surface area contributed by atoms with Gasteiger partial charge in [0.15, 0.2) is 0 Å². The van der Waals surface area contributed by atoms with Gasteiger partial charge in [-0.05, 0) is 43.7 Å². The zero-order valence-corrected chi connectivity index (χ0v) is 12.7. The number of anilines is 1. The summed E-state index contributed by atoms with van der Waals surface area (Å²) in [6.07, 6.45) is 0.360. The van der Waals surface area contributed by atoms with E-state index in [9.17, 15) is 4.79 Å². The van der Waals surface area contributed by atoms with Crippen molar-refractivity contribution in [3.8, 4) is 11.8 Å². The Kier molecular flexibility index (Phi) is 5.16. The molecule has 2 aromatic rings. The standard InChI is InChI=1S/C18H18N2O2/c1-13(2)22-17-6-4-3-5-16(17)18(21)20-15-9-7-14(8-10-15)11-12-19/h3-10,13H,11H2,1-2H3,(H,20,21). The van der Waals surface area contributed by atoms with Crippen molar-refractivity contribution in [2.45, 2.75) is 26.4 Å². The van der Waals surface area contributed by atoms with Crippen molar-refractivity contribution in [1.29, 1.82) is 5.26 Å². The van der Waals surface area contributed by atoms with Crippen LogP contribution in [-0.4, -0.2) is 12.0 Å². The maximum Gasteiger partial charge on any atom is 0.259 e. The van der Waals surface area contributed by atoms with Gasteiger partial charge in [-0.3, -0.25) is 4.79 Å². The van der Waals surface area contributed by atoms with Gasteiger partial charge in [-0.2, -0.15) is 5.26 Å². The highest BCUT2D eigenvalue weighted by atomic mass is 16.5. The number of carbonyl (C=O) groups is 1. The quantitative estimate of drug-likeness (QED) is 0.912. The van der Waals surface area contributed by atoms with Crippen LogP contribution in [0.2, 0.25) is 0 Å². The average molecular weight is 294 g/mol. The van der Waals surface area contributed by atoms with Crippen LogP contribution in [-0.2, 0) is 6.42 Å². The molecule has 0 bridgehead atoms. The van der Waals surface area contributed by atoms with E-state index >= 15 is 0 Å². The summed E-state index contributed by atoms with van der Waals surface area (Å²) < 4.78 is 5.66. The Morgan fingerprint density at radius 1 is 1.18 bits per heavy atom. The van der Waals surface area contributed by atoms with E-state index in [2.05, 4.69) is 11.4 Å². The summed E-state index contributed by atoms with van der Waals surface area (Å²) in [5.41, 5.74) is 2.10. The molecule has 0 fully saturated rings. The number of nitriles is 1. The summed E-state index contributed by atoms with van der Waals surface area (Å²) >= 11 is 0. The molecule has 4 heteroatoms. The molecule has 0 aliphatic heterocycles. The highest BCUT2D eigenvalue weighted by molar-refractivity contribution is 6.06. The van der Waals surface area contributed by atoms with E-state index in [-0.39, 0.29) is 12.0 Å². The Morgan fingerprint density at radius 2 is 1.86 bits per heavy atom. The Balaban J connectivity index is 2.14. The lowest BCUT2D eigenvalue weighted by Gasteiger charge is -2.14. The van der Waals surface area contributed by atoms with Crippen molar-refractivity contribution in [3.63, 3.8) is 0 Å². The van der Waals surface area contributed by atoms with Crippen LogP contribution in [0.15, 0.2) is 48.5 Å². The second-order valence-corrected chi connectivity index (χ2v) is 5.15. The SMILES string of the molecule is CC(C)Oc1ccccc1C(=O)Nc1ccc(CC#N)cc1. The first kappa shape index (κ1) is 15.6. The highest BCUT2D eigenvalue weighted by Gasteiger charge is 2.13. The molecule has 1 amide bonds. The van der Waals surface area contributed by atoms with Gasteiger partial charge in [0.1, 0.15) is 5.75 Å². The van der Waals surface area contributed by atoms with Gasteiger partial charge in [0.05, 0.1) is 24.2 Å². The molecular formula is C18H18N2O2. The molecule has 0 saturated heterocycles. The van der Waals surface area contributed by atoms with E-state index in [0.29, 0.717) is 23.4 Å². The molecule has 22 heavy (non-hydrogen) atoms. The first-order chi connectivity index (χ1) is 10.6. The van der Waals surface area contributed by atoms with Crippen LogP contribution < -0.4 is 10.1 Å². The van der Waals surface area contributed by atoms with Crippen molar-refractivity contribution in [3.05, 3.63) is 59.7 Å². The molecule has 0 aliphatic rings. The molecule has 0 spiro atoms. The van der Waals surface area contributed by atoms with E-state index in [1.807, 2.05) is 32.0 Å². The van der Waals surface area contributed by atoms with Gasteiger partial charge in [-0.1, -0.05) is 24.3 Å². The fraction of sp³-hybridized carbons (Fsp3) is 0.222. The lowest BCUT2D eigenvalue weighted by atomic mass is 10.1. The summed E-state index contributed by atoms with van der Waals surface area (Å²) in [6.45, 7) is 3.84. The number of amides is 1. The van der Waals surface area contributed by atoms with Crippen LogP contribution in [0.4, 0.5) is 5.69 Å². The van der Waals surface area contributed by atoms with E-state index in [4.69, 9.17) is 10.00 Å². The van der Waals surface area contributed by atoms with Gasteiger partial charge >= 0.3 is 0 Å². The number of rotatable bonds is 5. The van der Waals surface area contributed by atoms with E-state index in [0.717, 1.165) is 5.56 Å². The van der Waals surface area contributed by atoms with Crippen molar-refractivity contribution < 1.29 is 9.53 Å². The molecule has 1 N–H and O–H groups in total. The first-order valence-corrected chi connectivity index (χ1v) is 7.13. The third-order valence-electron chi connectivity index (χ3n) is 2.99.